The fourth-order valence-electron chi connectivity index (χ4n) is 1.40. The number of nitrogens with one attached hydrogen (secondary N) is 1. The van der Waals surface area contributed by atoms with Crippen LogP contribution in [0.15, 0.2) is 0 Å². The van der Waals surface area contributed by atoms with Crippen LogP contribution >= 0.6 is 0 Å². The van der Waals surface area contributed by atoms with Crippen LogP contribution in [0, 0.1) is 5.92 Å². The molecule has 9 heavy (non-hydrogen) atoms. The minimum Gasteiger partial charge on any atom is -0.330 e. The summed E-state index contributed by atoms with van der Waals surface area (Å²) >= 11 is 0. The Morgan fingerprint density at radius 2 is 1.78 bits per heavy atom. The Bertz CT molecular complexity index is 75.0. The highest BCUT2D eigenvalue weighted by molar-refractivity contribution is 4.73. The average molecular weight is 127 g/mol. The van der Waals surface area contributed by atoms with Crippen LogP contribution in [-0.2, 0) is 0 Å². The standard InChI is InChI=1S/C7H15N2/c8-5-6-1-3-7(9)4-2-6/h6-7,9H,1-5,8H2. The summed E-state index contributed by atoms with van der Waals surface area (Å²) < 4.78 is 0. The molecule has 1 aliphatic carbocycles. The van der Waals surface area contributed by atoms with Gasteiger partial charge in [0.05, 0.1) is 0 Å². The summed E-state index contributed by atoms with van der Waals surface area (Å²) in [4.78, 5) is 0. The summed E-state index contributed by atoms with van der Waals surface area (Å²) in [6.07, 6.45) is 4.51. The van der Waals surface area contributed by atoms with Gasteiger partial charge < -0.3 is 5.73 Å². The lowest BCUT2D eigenvalue weighted by Gasteiger charge is -2.23. The van der Waals surface area contributed by atoms with E-state index >= 15 is 0 Å². The second kappa shape index (κ2) is 3.18. The molecular formula is C7H15N2. The van der Waals surface area contributed by atoms with Gasteiger partial charge in [0.1, 0.15) is 0 Å². The first-order valence-electron chi connectivity index (χ1n) is 3.74. The van der Waals surface area contributed by atoms with E-state index < -0.39 is 0 Å². The van der Waals surface area contributed by atoms with E-state index in [2.05, 4.69) is 0 Å². The molecule has 0 aromatic rings. The van der Waals surface area contributed by atoms with Gasteiger partial charge >= 0.3 is 0 Å². The number of hydrogen-bond donors (Lipinski definition) is 1. The van der Waals surface area contributed by atoms with Crippen molar-refractivity contribution in [1.82, 2.24) is 5.73 Å². The SMILES string of the molecule is [NH]C1CCC(CN)CC1. The molecule has 1 aliphatic rings. The van der Waals surface area contributed by atoms with Crippen molar-refractivity contribution in [2.75, 3.05) is 6.54 Å². The quantitative estimate of drug-likeness (QED) is 0.556. The van der Waals surface area contributed by atoms with Gasteiger partial charge in [-0.05, 0) is 38.1 Å². The van der Waals surface area contributed by atoms with Crippen LogP contribution in [0.3, 0.4) is 0 Å². The van der Waals surface area contributed by atoms with E-state index in [0.29, 0.717) is 0 Å². The van der Waals surface area contributed by atoms with Gasteiger partial charge in [0.25, 0.3) is 0 Å². The Morgan fingerprint density at radius 1 is 1.22 bits per heavy atom. The third kappa shape index (κ3) is 1.95. The lowest BCUT2D eigenvalue weighted by Crippen LogP contribution is -2.24. The zero-order valence-electron chi connectivity index (χ0n) is 5.77. The Kier molecular flexibility index (Phi) is 2.49. The fourth-order valence-corrected chi connectivity index (χ4v) is 1.40. The predicted molar refractivity (Wildman–Crippen MR) is 37.9 cm³/mol. The first-order chi connectivity index (χ1) is 4.33. The molecule has 0 heterocycles. The van der Waals surface area contributed by atoms with Crippen LogP contribution in [0.2, 0.25) is 0 Å². The molecule has 1 saturated carbocycles. The lowest BCUT2D eigenvalue weighted by molar-refractivity contribution is 0.328. The maximum atomic E-state index is 7.40. The summed E-state index contributed by atoms with van der Waals surface area (Å²) in [5, 5.41) is 0. The molecule has 53 valence electrons. The van der Waals surface area contributed by atoms with Gasteiger partial charge in [-0.25, -0.2) is 0 Å². The van der Waals surface area contributed by atoms with Gasteiger partial charge in [0.15, 0.2) is 0 Å². The Hall–Kier alpha value is -0.0800. The highest BCUT2D eigenvalue weighted by Gasteiger charge is 2.16. The number of nitrogens with two attached hydrogens (primary N) is 1. The van der Waals surface area contributed by atoms with Gasteiger partial charge in [-0.15, -0.1) is 0 Å². The molecule has 0 amide bonds. The number of rotatable bonds is 1. The second-order valence-electron chi connectivity index (χ2n) is 2.95. The van der Waals surface area contributed by atoms with Crippen LogP contribution in [0.25, 0.3) is 0 Å². The molecule has 0 atom stereocenters. The van der Waals surface area contributed by atoms with Crippen LogP contribution in [0.5, 0.6) is 0 Å². The third-order valence-electron chi connectivity index (χ3n) is 2.18. The molecule has 0 spiro atoms. The summed E-state index contributed by atoms with van der Waals surface area (Å²) in [5.41, 5.74) is 12.9. The molecule has 1 rings (SSSR count). The van der Waals surface area contributed by atoms with E-state index in [9.17, 15) is 0 Å². The van der Waals surface area contributed by atoms with Crippen molar-refractivity contribution in [1.29, 1.82) is 0 Å². The highest BCUT2D eigenvalue weighted by Crippen LogP contribution is 2.22. The molecule has 1 fully saturated rings. The first-order valence-corrected chi connectivity index (χ1v) is 3.74. The van der Waals surface area contributed by atoms with E-state index in [1.165, 1.54) is 12.8 Å². The van der Waals surface area contributed by atoms with Crippen molar-refractivity contribution < 1.29 is 0 Å². The van der Waals surface area contributed by atoms with Crippen LogP contribution in [-0.4, -0.2) is 12.6 Å². The molecule has 0 unspecified atom stereocenters. The van der Waals surface area contributed by atoms with Crippen molar-refractivity contribution in [3.8, 4) is 0 Å². The highest BCUT2D eigenvalue weighted by atomic mass is 14.6. The molecule has 0 saturated heterocycles. The summed E-state index contributed by atoms with van der Waals surface area (Å²) in [6, 6.07) is 0.216. The molecule has 1 radical (unpaired) electrons. The average Bonchev–Trinajstić information content (AvgIpc) is 1.90. The largest absolute Gasteiger partial charge is 0.330 e. The number of hydrogen-bond acceptors (Lipinski definition) is 1. The van der Waals surface area contributed by atoms with Gasteiger partial charge in [-0.3, -0.25) is 5.73 Å². The summed E-state index contributed by atoms with van der Waals surface area (Å²) in [5.74, 6) is 0.728. The zero-order valence-corrected chi connectivity index (χ0v) is 5.77. The monoisotopic (exact) mass is 127 g/mol. The molecule has 2 heteroatoms. The Labute approximate surface area is 56.6 Å². The van der Waals surface area contributed by atoms with Crippen LogP contribution in [0.1, 0.15) is 25.7 Å². The normalized spacial score (nSPS) is 36.7. The first kappa shape index (κ1) is 7.03. The molecular weight excluding hydrogens is 112 g/mol. The van der Waals surface area contributed by atoms with Gasteiger partial charge in [0, 0.05) is 6.04 Å². The second-order valence-corrected chi connectivity index (χ2v) is 2.95. The lowest BCUT2D eigenvalue weighted by atomic mass is 9.87. The minimum absolute atomic E-state index is 0.216. The van der Waals surface area contributed by atoms with Crippen molar-refractivity contribution in [2.24, 2.45) is 11.7 Å². The summed E-state index contributed by atoms with van der Waals surface area (Å²) in [6.45, 7) is 0.826. The molecule has 0 aliphatic heterocycles. The Morgan fingerprint density at radius 3 is 2.22 bits per heavy atom. The molecule has 3 N–H and O–H groups in total. The zero-order chi connectivity index (χ0) is 6.69. The van der Waals surface area contributed by atoms with Crippen molar-refractivity contribution in [3.05, 3.63) is 0 Å². The van der Waals surface area contributed by atoms with E-state index in [1.807, 2.05) is 0 Å². The van der Waals surface area contributed by atoms with Gasteiger partial charge in [0.2, 0.25) is 0 Å². The van der Waals surface area contributed by atoms with Crippen molar-refractivity contribution in [3.63, 3.8) is 0 Å². The maximum absolute atomic E-state index is 7.40. The fraction of sp³-hybridized carbons (Fsp3) is 1.00. The molecule has 0 aromatic carbocycles. The van der Waals surface area contributed by atoms with Gasteiger partial charge in [-0.1, -0.05) is 0 Å². The maximum Gasteiger partial charge on any atom is 0.0213 e. The Balaban J connectivity index is 2.18. The van der Waals surface area contributed by atoms with E-state index in [4.69, 9.17) is 11.5 Å². The summed E-state index contributed by atoms with van der Waals surface area (Å²) in [7, 11) is 0. The van der Waals surface area contributed by atoms with E-state index in [0.717, 1.165) is 25.3 Å². The van der Waals surface area contributed by atoms with Crippen molar-refractivity contribution in [2.45, 2.75) is 31.7 Å². The van der Waals surface area contributed by atoms with Crippen LogP contribution < -0.4 is 11.5 Å². The molecule has 0 aromatic heterocycles. The van der Waals surface area contributed by atoms with E-state index in [1.54, 1.807) is 0 Å². The van der Waals surface area contributed by atoms with Gasteiger partial charge in [-0.2, -0.15) is 0 Å². The minimum atomic E-state index is 0.216. The van der Waals surface area contributed by atoms with Crippen molar-refractivity contribution >= 4 is 0 Å². The predicted octanol–water partition coefficient (Wildman–Crippen LogP) is 0.787. The topological polar surface area (TPSA) is 49.8 Å². The van der Waals surface area contributed by atoms with Crippen LogP contribution in [0.4, 0.5) is 0 Å². The van der Waals surface area contributed by atoms with E-state index in [-0.39, 0.29) is 6.04 Å². The molecule has 2 nitrogen and oxygen atoms in total. The smallest absolute Gasteiger partial charge is 0.0213 e. The third-order valence-corrected chi connectivity index (χ3v) is 2.18. The molecule has 0 bridgehead atoms.